The van der Waals surface area contributed by atoms with Gasteiger partial charge in [-0.25, -0.2) is 0 Å². The largest absolute Gasteiger partial charge is 0.472 e. The minimum atomic E-state index is -4.63. The summed E-state index contributed by atoms with van der Waals surface area (Å²) in [5.74, 6) is -0.146. The maximum atomic E-state index is 13.4. The number of piperidine rings is 1. The number of fused-ring (bicyclic) bond motifs is 1. The Bertz CT molecular complexity index is 984. The van der Waals surface area contributed by atoms with Crippen LogP contribution in [0, 0.1) is 22.7 Å². The number of hydrogen-bond donors (Lipinski definition) is 1. The highest BCUT2D eigenvalue weighted by molar-refractivity contribution is 5.94. The highest BCUT2D eigenvalue weighted by atomic mass is 19.4. The Balaban J connectivity index is 1.59. The van der Waals surface area contributed by atoms with Crippen molar-refractivity contribution in [3.63, 3.8) is 0 Å². The van der Waals surface area contributed by atoms with Crippen molar-refractivity contribution >= 4 is 11.6 Å². The van der Waals surface area contributed by atoms with E-state index in [4.69, 9.17) is 9.68 Å². The second kappa shape index (κ2) is 7.36. The quantitative estimate of drug-likeness (QED) is 0.827. The molecule has 2 atom stereocenters. The number of rotatable bonds is 3. The molecule has 2 aliphatic heterocycles. The Morgan fingerprint density at radius 1 is 1.33 bits per heavy atom. The molecule has 0 radical (unpaired) electrons. The van der Waals surface area contributed by atoms with Crippen molar-refractivity contribution in [3.8, 4) is 6.07 Å². The van der Waals surface area contributed by atoms with Crippen molar-refractivity contribution in [1.82, 2.24) is 4.90 Å². The minimum absolute atomic E-state index is 0.0425. The van der Waals surface area contributed by atoms with Gasteiger partial charge in [-0.2, -0.15) is 18.4 Å². The molecule has 4 rings (SSSR count). The van der Waals surface area contributed by atoms with E-state index in [1.54, 1.807) is 17.0 Å². The van der Waals surface area contributed by atoms with Gasteiger partial charge in [0.05, 0.1) is 35.6 Å². The fourth-order valence-electron chi connectivity index (χ4n) is 4.61. The zero-order valence-corrected chi connectivity index (χ0v) is 16.0. The van der Waals surface area contributed by atoms with Gasteiger partial charge in [0.15, 0.2) is 0 Å². The van der Waals surface area contributed by atoms with Gasteiger partial charge in [0.25, 0.3) is 5.91 Å². The lowest BCUT2D eigenvalue weighted by Gasteiger charge is -2.42. The van der Waals surface area contributed by atoms with Gasteiger partial charge < -0.3 is 19.3 Å². The van der Waals surface area contributed by atoms with Crippen LogP contribution in [0.1, 0.15) is 27.9 Å². The predicted molar refractivity (Wildman–Crippen MR) is 101 cm³/mol. The Kier molecular flexibility index (Phi) is 4.98. The van der Waals surface area contributed by atoms with E-state index in [1.165, 1.54) is 24.7 Å². The van der Waals surface area contributed by atoms with Crippen molar-refractivity contribution in [3.05, 3.63) is 53.5 Å². The molecule has 1 amide bonds. The lowest BCUT2D eigenvalue weighted by atomic mass is 9.74. The maximum Gasteiger partial charge on any atom is 0.417 e. The van der Waals surface area contributed by atoms with Crippen LogP contribution in [-0.4, -0.2) is 48.7 Å². The van der Waals surface area contributed by atoms with Crippen molar-refractivity contribution in [2.75, 3.05) is 37.7 Å². The first kappa shape index (κ1) is 20.3. The smallest absolute Gasteiger partial charge is 0.417 e. The minimum Gasteiger partial charge on any atom is -0.472 e. The number of carbonyl (C=O) groups excluding carboxylic acids is 1. The van der Waals surface area contributed by atoms with Crippen molar-refractivity contribution in [1.29, 1.82) is 5.26 Å². The molecule has 2 fully saturated rings. The number of halogens is 3. The number of aliphatic hydroxyl groups is 1. The monoisotopic (exact) mass is 419 g/mol. The van der Waals surface area contributed by atoms with Gasteiger partial charge in [-0.15, -0.1) is 0 Å². The van der Waals surface area contributed by atoms with Gasteiger partial charge in [0, 0.05) is 37.3 Å². The Hall–Kier alpha value is -2.99. The molecule has 9 heteroatoms. The number of alkyl halides is 3. The van der Waals surface area contributed by atoms with Crippen LogP contribution in [0.4, 0.5) is 18.9 Å². The van der Waals surface area contributed by atoms with Gasteiger partial charge in [-0.1, -0.05) is 0 Å². The summed E-state index contributed by atoms with van der Waals surface area (Å²) in [5.41, 5.74) is -1.22. The van der Waals surface area contributed by atoms with Gasteiger partial charge in [-0.3, -0.25) is 4.79 Å². The summed E-state index contributed by atoms with van der Waals surface area (Å²) in [6.45, 7) is 1.46. The molecule has 30 heavy (non-hydrogen) atoms. The van der Waals surface area contributed by atoms with Crippen LogP contribution in [0.2, 0.25) is 0 Å². The van der Waals surface area contributed by atoms with E-state index in [0.29, 0.717) is 43.9 Å². The van der Waals surface area contributed by atoms with E-state index in [1.807, 2.05) is 4.90 Å². The molecule has 3 heterocycles. The number of nitrogens with zero attached hydrogens (tertiary/aromatic N) is 3. The fourth-order valence-corrected chi connectivity index (χ4v) is 4.61. The maximum absolute atomic E-state index is 13.4. The summed E-state index contributed by atoms with van der Waals surface area (Å²) >= 11 is 0. The summed E-state index contributed by atoms with van der Waals surface area (Å²) < 4.78 is 45.0. The molecular weight excluding hydrogens is 399 g/mol. The number of anilines is 1. The summed E-state index contributed by atoms with van der Waals surface area (Å²) in [6.07, 6.45) is -1.20. The molecule has 1 aromatic heterocycles. The molecule has 2 aliphatic rings. The number of carbonyl (C=O) groups is 1. The van der Waals surface area contributed by atoms with E-state index in [2.05, 4.69) is 0 Å². The number of furan rings is 1. The topological polar surface area (TPSA) is 80.7 Å². The summed E-state index contributed by atoms with van der Waals surface area (Å²) in [6, 6.07) is 6.85. The van der Waals surface area contributed by atoms with E-state index in [-0.39, 0.29) is 18.4 Å². The summed E-state index contributed by atoms with van der Waals surface area (Å²) in [4.78, 5) is 16.2. The standard InChI is InChI=1S/C21H20F3N3O3/c22-21(23,24)18-7-17(2-1-14(18)8-25)27-9-16-3-5-26(11-20(16,12-27)13-28)19(29)15-4-6-30-10-15/h1-2,4,6-7,10,16,28H,3,5,9,11-13H2/t16-,20+/m0/s1. The predicted octanol–water partition coefficient (Wildman–Crippen LogP) is 3.13. The van der Waals surface area contributed by atoms with Crippen LogP contribution in [0.5, 0.6) is 0 Å². The third-order valence-electron chi connectivity index (χ3n) is 6.23. The highest BCUT2D eigenvalue weighted by Crippen LogP contribution is 2.44. The zero-order valence-electron chi connectivity index (χ0n) is 16.0. The lowest BCUT2D eigenvalue weighted by molar-refractivity contribution is -0.137. The molecule has 158 valence electrons. The Morgan fingerprint density at radius 2 is 2.13 bits per heavy atom. The lowest BCUT2D eigenvalue weighted by Crippen LogP contribution is -2.52. The van der Waals surface area contributed by atoms with E-state index >= 15 is 0 Å². The first-order valence-electron chi connectivity index (χ1n) is 9.56. The van der Waals surface area contributed by atoms with E-state index in [0.717, 1.165) is 6.07 Å². The molecule has 6 nitrogen and oxygen atoms in total. The van der Waals surface area contributed by atoms with E-state index in [9.17, 15) is 23.1 Å². The van der Waals surface area contributed by atoms with Crippen molar-refractivity contribution in [2.45, 2.75) is 12.6 Å². The average molecular weight is 419 g/mol. The van der Waals surface area contributed by atoms with E-state index < -0.39 is 22.7 Å². The molecule has 1 aromatic carbocycles. The fraction of sp³-hybridized carbons (Fsp3) is 0.429. The van der Waals surface area contributed by atoms with Crippen molar-refractivity contribution in [2.24, 2.45) is 11.3 Å². The molecule has 0 bridgehead atoms. The summed E-state index contributed by atoms with van der Waals surface area (Å²) in [7, 11) is 0. The number of benzene rings is 1. The highest BCUT2D eigenvalue weighted by Gasteiger charge is 2.50. The summed E-state index contributed by atoms with van der Waals surface area (Å²) in [5, 5.41) is 19.2. The first-order valence-corrected chi connectivity index (χ1v) is 9.56. The third-order valence-corrected chi connectivity index (χ3v) is 6.23. The van der Waals surface area contributed by atoms with Gasteiger partial charge in [0.1, 0.15) is 6.26 Å². The van der Waals surface area contributed by atoms with Crippen LogP contribution in [0.25, 0.3) is 0 Å². The Morgan fingerprint density at radius 3 is 2.77 bits per heavy atom. The molecule has 0 unspecified atom stereocenters. The molecule has 2 aromatic rings. The Labute approximate surface area is 171 Å². The average Bonchev–Trinajstić information content (AvgIpc) is 3.40. The molecule has 0 saturated carbocycles. The van der Waals surface area contributed by atoms with Gasteiger partial charge >= 0.3 is 6.18 Å². The van der Waals surface area contributed by atoms with Crippen molar-refractivity contribution < 1.29 is 27.5 Å². The molecule has 0 spiro atoms. The number of hydrogen-bond acceptors (Lipinski definition) is 5. The van der Waals surface area contributed by atoms with Gasteiger partial charge in [-0.05, 0) is 36.6 Å². The molecular formula is C21H20F3N3O3. The van der Waals surface area contributed by atoms with Crippen LogP contribution in [0.15, 0.2) is 41.2 Å². The van der Waals surface area contributed by atoms with Gasteiger partial charge in [0.2, 0.25) is 0 Å². The third kappa shape index (κ3) is 3.41. The number of amides is 1. The van der Waals surface area contributed by atoms with Crippen LogP contribution >= 0.6 is 0 Å². The zero-order chi connectivity index (χ0) is 21.5. The second-order valence-electron chi connectivity index (χ2n) is 7.96. The van der Waals surface area contributed by atoms with Crippen LogP contribution in [0.3, 0.4) is 0 Å². The SMILES string of the molecule is N#Cc1ccc(N2C[C@@H]3CCN(C(=O)c4ccoc4)C[C@]3(CO)C2)cc1C(F)(F)F. The number of likely N-dealkylation sites (tertiary alicyclic amines) is 1. The number of aliphatic hydroxyl groups excluding tert-OH is 1. The number of nitriles is 1. The normalized spacial score (nSPS) is 23.9. The van der Waals surface area contributed by atoms with Crippen LogP contribution < -0.4 is 4.90 Å². The molecule has 2 saturated heterocycles. The van der Waals surface area contributed by atoms with Crippen LogP contribution in [-0.2, 0) is 6.18 Å². The molecule has 0 aliphatic carbocycles. The second-order valence-corrected chi connectivity index (χ2v) is 7.96. The first-order chi connectivity index (χ1) is 14.3. The molecule has 1 N–H and O–H groups in total.